The van der Waals surface area contributed by atoms with Crippen molar-refractivity contribution in [1.29, 1.82) is 5.26 Å². The van der Waals surface area contributed by atoms with Crippen molar-refractivity contribution in [3.05, 3.63) is 21.9 Å². The van der Waals surface area contributed by atoms with Gasteiger partial charge in [-0.15, -0.1) is 0 Å². The van der Waals surface area contributed by atoms with Gasteiger partial charge in [-0.3, -0.25) is 4.79 Å². The first kappa shape index (κ1) is 10.7. The van der Waals surface area contributed by atoms with E-state index in [2.05, 4.69) is 5.32 Å². The molecule has 0 fully saturated rings. The van der Waals surface area contributed by atoms with E-state index < -0.39 is 0 Å². The van der Waals surface area contributed by atoms with E-state index in [4.69, 9.17) is 5.26 Å². The molecule has 0 aliphatic rings. The summed E-state index contributed by atoms with van der Waals surface area (Å²) in [5.74, 6) is -0.0401. The van der Waals surface area contributed by atoms with E-state index in [1.54, 1.807) is 0 Å². The zero-order chi connectivity index (χ0) is 10.4. The fourth-order valence-corrected chi connectivity index (χ4v) is 1.89. The van der Waals surface area contributed by atoms with Crippen molar-refractivity contribution >= 4 is 17.2 Å². The number of nitrogens with zero attached hydrogens (tertiary/aromatic N) is 1. The zero-order valence-corrected chi connectivity index (χ0v) is 8.86. The van der Waals surface area contributed by atoms with E-state index in [1.807, 2.05) is 23.8 Å². The fraction of sp³-hybridized carbons (Fsp3) is 0.400. The first-order valence-corrected chi connectivity index (χ1v) is 5.38. The molecule has 1 aromatic rings. The fourth-order valence-electron chi connectivity index (χ4n) is 1.06. The lowest BCUT2D eigenvalue weighted by Crippen LogP contribution is -2.24. The van der Waals surface area contributed by atoms with Crippen molar-refractivity contribution in [2.24, 2.45) is 0 Å². The van der Waals surface area contributed by atoms with Crippen LogP contribution in [0, 0.1) is 18.3 Å². The van der Waals surface area contributed by atoms with Gasteiger partial charge in [0.25, 0.3) is 5.91 Å². The van der Waals surface area contributed by atoms with Crippen molar-refractivity contribution in [1.82, 2.24) is 5.32 Å². The van der Waals surface area contributed by atoms with Gasteiger partial charge in [-0.2, -0.15) is 16.6 Å². The second-order valence-electron chi connectivity index (χ2n) is 2.99. The van der Waals surface area contributed by atoms with Gasteiger partial charge in [0.2, 0.25) is 0 Å². The van der Waals surface area contributed by atoms with Crippen LogP contribution in [0.4, 0.5) is 0 Å². The van der Waals surface area contributed by atoms with Gasteiger partial charge in [-0.1, -0.05) is 0 Å². The number of hydrogen-bond donors (Lipinski definition) is 1. The Kier molecular flexibility index (Phi) is 4.14. The van der Waals surface area contributed by atoms with Crippen LogP contribution in [0.15, 0.2) is 10.8 Å². The summed E-state index contributed by atoms with van der Waals surface area (Å²) >= 11 is 1.53. The molecule has 0 radical (unpaired) electrons. The molecule has 0 aliphatic heterocycles. The van der Waals surface area contributed by atoms with E-state index in [-0.39, 0.29) is 5.91 Å². The highest BCUT2D eigenvalue weighted by Crippen LogP contribution is 2.12. The Hall–Kier alpha value is -1.34. The molecule has 4 heteroatoms. The summed E-state index contributed by atoms with van der Waals surface area (Å²) in [6, 6.07) is 2.04. The topological polar surface area (TPSA) is 52.9 Å². The summed E-state index contributed by atoms with van der Waals surface area (Å²) in [4.78, 5) is 11.5. The first-order valence-electron chi connectivity index (χ1n) is 4.43. The van der Waals surface area contributed by atoms with Gasteiger partial charge < -0.3 is 5.32 Å². The summed E-state index contributed by atoms with van der Waals surface area (Å²) in [6.07, 6.45) is 1.20. The largest absolute Gasteiger partial charge is 0.352 e. The monoisotopic (exact) mass is 208 g/mol. The van der Waals surface area contributed by atoms with Crippen LogP contribution in [0.25, 0.3) is 0 Å². The molecule has 0 aliphatic carbocycles. The predicted molar refractivity (Wildman–Crippen MR) is 56.2 cm³/mol. The van der Waals surface area contributed by atoms with Crippen molar-refractivity contribution < 1.29 is 4.79 Å². The number of nitrogens with one attached hydrogen (secondary N) is 1. The average Bonchev–Trinajstić information content (AvgIpc) is 2.59. The lowest BCUT2D eigenvalue weighted by Gasteiger charge is -2.02. The van der Waals surface area contributed by atoms with E-state index >= 15 is 0 Å². The Labute approximate surface area is 87.4 Å². The molecule has 14 heavy (non-hydrogen) atoms. The summed E-state index contributed by atoms with van der Waals surface area (Å²) < 4.78 is 0. The predicted octanol–water partition coefficient (Wildman–Crippen LogP) is 2.09. The van der Waals surface area contributed by atoms with Crippen molar-refractivity contribution in [2.45, 2.75) is 19.8 Å². The molecule has 74 valence electrons. The number of carbonyl (C=O) groups is 1. The molecule has 3 nitrogen and oxygen atoms in total. The van der Waals surface area contributed by atoms with Gasteiger partial charge in [-0.05, 0) is 24.3 Å². The molecule has 0 bridgehead atoms. The Morgan fingerprint density at radius 1 is 1.64 bits per heavy atom. The molecule has 0 saturated heterocycles. The maximum atomic E-state index is 11.5. The van der Waals surface area contributed by atoms with Crippen LogP contribution in [-0.2, 0) is 0 Å². The maximum absolute atomic E-state index is 11.5. The maximum Gasteiger partial charge on any atom is 0.252 e. The van der Waals surface area contributed by atoms with Gasteiger partial charge >= 0.3 is 0 Å². The smallest absolute Gasteiger partial charge is 0.252 e. The van der Waals surface area contributed by atoms with Crippen LogP contribution in [0.3, 0.4) is 0 Å². The van der Waals surface area contributed by atoms with Crippen LogP contribution < -0.4 is 5.32 Å². The molecule has 1 amide bonds. The van der Waals surface area contributed by atoms with Crippen LogP contribution in [-0.4, -0.2) is 12.5 Å². The summed E-state index contributed by atoms with van der Waals surface area (Å²) in [7, 11) is 0. The minimum Gasteiger partial charge on any atom is -0.352 e. The molecular weight excluding hydrogens is 196 g/mol. The molecule has 1 rings (SSSR count). The molecule has 0 saturated carbocycles. The second-order valence-corrected chi connectivity index (χ2v) is 3.73. The van der Waals surface area contributed by atoms with Crippen LogP contribution in [0.2, 0.25) is 0 Å². The molecule has 1 heterocycles. The number of aryl methyl sites for hydroxylation is 1. The first-order chi connectivity index (χ1) is 6.75. The third kappa shape index (κ3) is 2.86. The summed E-state index contributed by atoms with van der Waals surface area (Å²) in [5, 5.41) is 14.9. The molecule has 0 atom stereocenters. The molecule has 1 aromatic heterocycles. The standard InChI is InChI=1S/C10H12N2OS/c1-8-6-14-7-9(8)10(13)12-5-3-2-4-11/h6-7H,2-3,5H2,1H3,(H,12,13). The number of rotatable bonds is 4. The molecule has 0 spiro atoms. The molecule has 0 aromatic carbocycles. The average molecular weight is 208 g/mol. The van der Waals surface area contributed by atoms with Crippen molar-refractivity contribution in [3.63, 3.8) is 0 Å². The minimum absolute atomic E-state index is 0.0401. The normalized spacial score (nSPS) is 9.43. The minimum atomic E-state index is -0.0401. The SMILES string of the molecule is Cc1cscc1C(=O)NCCCC#N. The Balaban J connectivity index is 2.37. The summed E-state index contributed by atoms with van der Waals surface area (Å²) in [5.41, 5.74) is 1.75. The number of hydrogen-bond acceptors (Lipinski definition) is 3. The highest BCUT2D eigenvalue weighted by atomic mass is 32.1. The van der Waals surface area contributed by atoms with Crippen molar-refractivity contribution in [3.8, 4) is 6.07 Å². The second kappa shape index (κ2) is 5.40. The van der Waals surface area contributed by atoms with Gasteiger partial charge in [0.1, 0.15) is 0 Å². The van der Waals surface area contributed by atoms with Gasteiger partial charge in [0.05, 0.1) is 11.6 Å². The number of carbonyl (C=O) groups excluding carboxylic acids is 1. The third-order valence-corrected chi connectivity index (χ3v) is 2.71. The van der Waals surface area contributed by atoms with Crippen molar-refractivity contribution in [2.75, 3.05) is 6.54 Å². The van der Waals surface area contributed by atoms with Crippen LogP contribution in [0.1, 0.15) is 28.8 Å². The van der Waals surface area contributed by atoms with E-state index in [1.165, 1.54) is 11.3 Å². The van der Waals surface area contributed by atoms with E-state index in [0.717, 1.165) is 11.1 Å². The Bertz CT molecular complexity index is 351. The van der Waals surface area contributed by atoms with Gasteiger partial charge in [0, 0.05) is 18.3 Å². The van der Waals surface area contributed by atoms with E-state index in [9.17, 15) is 4.79 Å². The van der Waals surface area contributed by atoms with Gasteiger partial charge in [-0.25, -0.2) is 0 Å². The third-order valence-electron chi connectivity index (χ3n) is 1.85. The van der Waals surface area contributed by atoms with Crippen LogP contribution in [0.5, 0.6) is 0 Å². The molecular formula is C10H12N2OS. The van der Waals surface area contributed by atoms with Gasteiger partial charge in [0.15, 0.2) is 0 Å². The highest BCUT2D eigenvalue weighted by molar-refractivity contribution is 7.08. The molecule has 0 unspecified atom stereocenters. The van der Waals surface area contributed by atoms with Crippen LogP contribution >= 0.6 is 11.3 Å². The number of amides is 1. The summed E-state index contributed by atoms with van der Waals surface area (Å²) in [6.45, 7) is 2.49. The zero-order valence-electron chi connectivity index (χ0n) is 8.04. The Morgan fingerprint density at radius 2 is 2.43 bits per heavy atom. The number of unbranched alkanes of at least 4 members (excludes halogenated alkanes) is 1. The molecule has 1 N–H and O–H groups in total. The quantitative estimate of drug-likeness (QED) is 0.770. The Morgan fingerprint density at radius 3 is 3.00 bits per heavy atom. The lowest BCUT2D eigenvalue weighted by atomic mass is 10.2. The lowest BCUT2D eigenvalue weighted by molar-refractivity contribution is 0.0953. The highest BCUT2D eigenvalue weighted by Gasteiger charge is 2.07. The number of nitriles is 1. The van der Waals surface area contributed by atoms with E-state index in [0.29, 0.717) is 19.4 Å². The number of thiophene rings is 1.